The number of fused-ring (bicyclic) bond motifs is 1. The molecule has 4 nitrogen and oxygen atoms in total. The van der Waals surface area contributed by atoms with Crippen LogP contribution in [-0.2, 0) is 6.67 Å². The predicted octanol–water partition coefficient (Wildman–Crippen LogP) is 5.00. The molecule has 0 fully saturated rings. The Bertz CT molecular complexity index is 830. The fourth-order valence-electron chi connectivity index (χ4n) is 2.49. The number of hydrogen-bond acceptors (Lipinski definition) is 4. The van der Waals surface area contributed by atoms with Crippen molar-refractivity contribution in [2.75, 3.05) is 10.8 Å². The molecule has 4 rings (SSSR count). The molecule has 1 aliphatic heterocycles. The van der Waals surface area contributed by atoms with Gasteiger partial charge >= 0.3 is 0 Å². The van der Waals surface area contributed by atoms with Crippen LogP contribution in [0.25, 0.3) is 11.4 Å². The highest BCUT2D eigenvalue weighted by molar-refractivity contribution is 9.10. The Labute approximate surface area is 155 Å². The molecule has 0 N–H and O–H groups in total. The number of rotatable bonds is 2. The summed E-state index contributed by atoms with van der Waals surface area (Å²) in [6.07, 6.45) is 0. The number of benzene rings is 2. The van der Waals surface area contributed by atoms with E-state index in [-0.39, 0.29) is 0 Å². The molecule has 2 heterocycles. The predicted molar refractivity (Wildman–Crippen MR) is 101 cm³/mol. The van der Waals surface area contributed by atoms with Crippen LogP contribution in [-0.4, -0.2) is 20.6 Å². The van der Waals surface area contributed by atoms with E-state index in [0.29, 0.717) is 0 Å². The minimum absolute atomic E-state index is 0.752. The van der Waals surface area contributed by atoms with Crippen molar-refractivity contribution in [1.82, 2.24) is 14.8 Å². The first-order valence-electron chi connectivity index (χ1n) is 7.03. The van der Waals surface area contributed by atoms with Crippen molar-refractivity contribution in [3.8, 4) is 11.4 Å². The maximum absolute atomic E-state index is 4.38. The zero-order valence-corrected chi connectivity index (χ0v) is 16.0. The van der Waals surface area contributed by atoms with E-state index in [2.05, 4.69) is 87.9 Å². The van der Waals surface area contributed by atoms with E-state index >= 15 is 0 Å². The van der Waals surface area contributed by atoms with Gasteiger partial charge in [-0.25, -0.2) is 0 Å². The number of halogens is 2. The average Bonchev–Trinajstić information content (AvgIpc) is 2.99. The van der Waals surface area contributed by atoms with Crippen LogP contribution in [0.4, 0.5) is 5.69 Å². The molecule has 0 spiro atoms. The molecular weight excluding hydrogens is 440 g/mol. The quantitative estimate of drug-likeness (QED) is 0.549. The Morgan fingerprint density at radius 3 is 2.22 bits per heavy atom. The van der Waals surface area contributed by atoms with Crippen LogP contribution in [0.5, 0.6) is 0 Å². The number of anilines is 1. The third kappa shape index (κ3) is 3.05. The molecule has 0 saturated heterocycles. The lowest BCUT2D eigenvalue weighted by Gasteiger charge is -2.29. The molecule has 1 aromatic heterocycles. The van der Waals surface area contributed by atoms with Crippen LogP contribution < -0.4 is 4.90 Å². The number of aromatic nitrogens is 3. The van der Waals surface area contributed by atoms with Crippen molar-refractivity contribution in [2.45, 2.75) is 11.8 Å². The highest BCUT2D eigenvalue weighted by Crippen LogP contribution is 2.32. The minimum atomic E-state index is 0.752. The highest BCUT2D eigenvalue weighted by atomic mass is 79.9. The summed E-state index contributed by atoms with van der Waals surface area (Å²) in [7, 11) is 0. The van der Waals surface area contributed by atoms with Crippen LogP contribution in [0.2, 0.25) is 0 Å². The fourth-order valence-corrected chi connectivity index (χ4v) is 3.92. The smallest absolute Gasteiger partial charge is 0.194 e. The van der Waals surface area contributed by atoms with Crippen molar-refractivity contribution in [1.29, 1.82) is 0 Å². The molecule has 0 unspecified atom stereocenters. The van der Waals surface area contributed by atoms with Crippen LogP contribution in [0, 0.1) is 0 Å². The molecule has 7 heteroatoms. The first-order chi connectivity index (χ1) is 11.2. The van der Waals surface area contributed by atoms with Gasteiger partial charge in [0.05, 0.1) is 12.5 Å². The van der Waals surface area contributed by atoms with E-state index in [1.54, 1.807) is 11.8 Å². The van der Waals surface area contributed by atoms with Gasteiger partial charge in [0.15, 0.2) is 11.0 Å². The van der Waals surface area contributed by atoms with Gasteiger partial charge in [-0.05, 0) is 36.4 Å². The van der Waals surface area contributed by atoms with E-state index in [1.165, 1.54) is 5.69 Å². The highest BCUT2D eigenvalue weighted by Gasteiger charge is 2.22. The Morgan fingerprint density at radius 1 is 0.870 bits per heavy atom. The van der Waals surface area contributed by atoms with Gasteiger partial charge in [-0.1, -0.05) is 55.8 Å². The van der Waals surface area contributed by atoms with Gasteiger partial charge in [-0.2, -0.15) is 0 Å². The van der Waals surface area contributed by atoms with Crippen molar-refractivity contribution in [3.63, 3.8) is 0 Å². The second kappa shape index (κ2) is 6.30. The maximum Gasteiger partial charge on any atom is 0.194 e. The molecule has 0 saturated carbocycles. The molecule has 23 heavy (non-hydrogen) atoms. The Morgan fingerprint density at radius 2 is 1.52 bits per heavy atom. The maximum atomic E-state index is 4.38. The van der Waals surface area contributed by atoms with E-state index in [9.17, 15) is 0 Å². The van der Waals surface area contributed by atoms with Gasteiger partial charge in [-0.3, -0.25) is 4.57 Å². The van der Waals surface area contributed by atoms with Crippen LogP contribution in [0.1, 0.15) is 0 Å². The van der Waals surface area contributed by atoms with Gasteiger partial charge in [0.2, 0.25) is 0 Å². The lowest BCUT2D eigenvalue weighted by atomic mass is 10.2. The van der Waals surface area contributed by atoms with E-state index in [0.717, 1.165) is 38.0 Å². The van der Waals surface area contributed by atoms with Crippen molar-refractivity contribution in [2.24, 2.45) is 0 Å². The lowest BCUT2D eigenvalue weighted by molar-refractivity contribution is 0.608. The average molecular weight is 452 g/mol. The lowest BCUT2D eigenvalue weighted by Crippen LogP contribution is -2.30. The molecule has 0 bridgehead atoms. The summed E-state index contributed by atoms with van der Waals surface area (Å²) in [6.45, 7) is 0.752. The van der Waals surface area contributed by atoms with Crippen molar-refractivity contribution < 1.29 is 0 Å². The Balaban J connectivity index is 1.67. The van der Waals surface area contributed by atoms with E-state index in [4.69, 9.17) is 0 Å². The Kier molecular flexibility index (Phi) is 4.17. The summed E-state index contributed by atoms with van der Waals surface area (Å²) in [5.74, 6) is 1.78. The summed E-state index contributed by atoms with van der Waals surface area (Å²) in [4.78, 5) is 2.32. The van der Waals surface area contributed by atoms with Gasteiger partial charge in [0.25, 0.3) is 0 Å². The zero-order valence-electron chi connectivity index (χ0n) is 12.0. The molecule has 0 atom stereocenters. The largest absolute Gasteiger partial charge is 0.344 e. The van der Waals surface area contributed by atoms with Crippen molar-refractivity contribution >= 4 is 49.3 Å². The van der Waals surface area contributed by atoms with Crippen LogP contribution in [0.3, 0.4) is 0 Å². The molecule has 3 aromatic rings. The Hall–Kier alpha value is -1.31. The second-order valence-electron chi connectivity index (χ2n) is 5.17. The van der Waals surface area contributed by atoms with Gasteiger partial charge < -0.3 is 4.90 Å². The summed E-state index contributed by atoms with van der Waals surface area (Å²) in [6, 6.07) is 16.6. The van der Waals surface area contributed by atoms with Gasteiger partial charge in [-0.15, -0.1) is 10.2 Å². The zero-order chi connectivity index (χ0) is 15.8. The third-order valence-electron chi connectivity index (χ3n) is 3.67. The van der Waals surface area contributed by atoms with E-state index < -0.39 is 0 Å². The number of nitrogens with zero attached hydrogens (tertiary/aromatic N) is 4. The summed E-state index contributed by atoms with van der Waals surface area (Å²) in [5, 5.41) is 9.68. The molecule has 0 amide bonds. The van der Waals surface area contributed by atoms with Crippen LogP contribution >= 0.6 is 43.6 Å². The molecule has 1 aliphatic rings. The standard InChI is InChI=1S/C16H12Br2N4S/c17-12-3-1-11(2-4-12)15-19-20-16-22(15)9-21(10-23-16)14-7-5-13(18)6-8-14/h1-8H,9-10H2. The molecule has 2 aromatic carbocycles. The summed E-state index contributed by atoms with van der Waals surface area (Å²) < 4.78 is 4.32. The fraction of sp³-hybridized carbons (Fsp3) is 0.125. The monoisotopic (exact) mass is 450 g/mol. The van der Waals surface area contributed by atoms with Crippen molar-refractivity contribution in [3.05, 3.63) is 57.5 Å². The van der Waals surface area contributed by atoms with E-state index in [1.807, 2.05) is 12.1 Å². The molecule has 0 radical (unpaired) electrons. The van der Waals surface area contributed by atoms with Gasteiger partial charge in [0, 0.05) is 20.2 Å². The third-order valence-corrected chi connectivity index (χ3v) is 5.73. The topological polar surface area (TPSA) is 34.0 Å². The first kappa shape index (κ1) is 15.2. The first-order valence-corrected chi connectivity index (χ1v) is 9.60. The second-order valence-corrected chi connectivity index (χ2v) is 7.92. The minimum Gasteiger partial charge on any atom is -0.344 e. The number of hydrogen-bond donors (Lipinski definition) is 0. The number of thioether (sulfide) groups is 1. The summed E-state index contributed by atoms with van der Waals surface area (Å²) in [5.41, 5.74) is 2.27. The van der Waals surface area contributed by atoms with Crippen LogP contribution in [0.15, 0.2) is 62.6 Å². The normalized spacial score (nSPS) is 13.9. The molecule has 116 valence electrons. The SMILES string of the molecule is Brc1ccc(-c2nnc3n2CN(c2ccc(Br)cc2)CS3)cc1. The molecular formula is C16H12Br2N4S. The molecule has 0 aliphatic carbocycles. The summed E-state index contributed by atoms with van der Waals surface area (Å²) >= 11 is 8.66. The van der Waals surface area contributed by atoms with Gasteiger partial charge in [0.1, 0.15) is 0 Å².